The van der Waals surface area contributed by atoms with Gasteiger partial charge >= 0.3 is 6.09 Å². The van der Waals surface area contributed by atoms with E-state index in [4.69, 9.17) is 31.2 Å². The van der Waals surface area contributed by atoms with Crippen molar-refractivity contribution in [3.8, 4) is 11.5 Å². The zero-order chi connectivity index (χ0) is 21.5. The molecule has 7 nitrogen and oxygen atoms in total. The summed E-state index contributed by atoms with van der Waals surface area (Å²) in [6.45, 7) is 8.80. The molecule has 1 amide bonds. The number of amides is 1. The molecule has 1 unspecified atom stereocenters. The second kappa shape index (κ2) is 10.3. The number of alkyl carbamates (subject to hydrolysis) is 1. The van der Waals surface area contributed by atoms with E-state index in [0.717, 1.165) is 0 Å². The lowest BCUT2D eigenvalue weighted by atomic mass is 10.1. The van der Waals surface area contributed by atoms with Gasteiger partial charge in [0.2, 0.25) is 5.78 Å². The number of nitrogens with one attached hydrogen (secondary N) is 1. The van der Waals surface area contributed by atoms with Crippen LogP contribution in [0, 0.1) is 5.92 Å². The average molecular weight is 412 g/mol. The van der Waals surface area contributed by atoms with Crippen molar-refractivity contribution in [3.63, 3.8) is 0 Å². The van der Waals surface area contributed by atoms with Crippen LogP contribution in [0.5, 0.6) is 11.5 Å². The fourth-order valence-electron chi connectivity index (χ4n) is 2.27. The van der Waals surface area contributed by atoms with Crippen LogP contribution in [0.3, 0.4) is 0 Å². The van der Waals surface area contributed by atoms with Crippen molar-refractivity contribution in [3.05, 3.63) is 23.8 Å². The van der Waals surface area contributed by atoms with E-state index < -0.39 is 17.7 Å². The normalized spacial score (nSPS) is 12.1. The second-order valence-corrected chi connectivity index (χ2v) is 7.87. The summed E-state index contributed by atoms with van der Waals surface area (Å²) < 4.78 is 21.1. The topological polar surface area (TPSA) is 83.1 Å². The van der Waals surface area contributed by atoms with Crippen LogP contribution in [0.25, 0.3) is 0 Å². The SMILES string of the molecule is COc1ccc(C(=O)COC(=S)C(NC(=O)OC(C)(C)C)C(C)C)c(OC)c1. The van der Waals surface area contributed by atoms with Crippen LogP contribution >= 0.6 is 12.2 Å². The Kier molecular flexibility index (Phi) is 8.68. The van der Waals surface area contributed by atoms with Crippen LogP contribution in [0.2, 0.25) is 0 Å². The predicted octanol–water partition coefficient (Wildman–Crippen LogP) is 3.78. The second-order valence-electron chi connectivity index (χ2n) is 7.47. The first-order valence-electron chi connectivity index (χ1n) is 8.90. The van der Waals surface area contributed by atoms with Crippen molar-refractivity contribution in [2.45, 2.75) is 46.3 Å². The molecule has 1 N–H and O–H groups in total. The molecule has 1 aromatic carbocycles. The molecule has 0 heterocycles. The number of carbonyl (C=O) groups excluding carboxylic acids is 2. The summed E-state index contributed by atoms with van der Waals surface area (Å²) in [6, 6.07) is 4.31. The molecule has 1 atom stereocenters. The van der Waals surface area contributed by atoms with Crippen molar-refractivity contribution in [2.24, 2.45) is 5.92 Å². The molecule has 0 aliphatic rings. The Balaban J connectivity index is 2.77. The molecule has 156 valence electrons. The van der Waals surface area contributed by atoms with Crippen LogP contribution < -0.4 is 14.8 Å². The zero-order valence-electron chi connectivity index (χ0n) is 17.5. The standard InChI is InChI=1S/C20H29NO6S/c1-12(2)17(21-19(23)27-20(3,4)5)18(28)26-11-15(22)14-9-8-13(24-6)10-16(14)25-7/h8-10,12,17H,11H2,1-7H3,(H,21,23). The summed E-state index contributed by atoms with van der Waals surface area (Å²) >= 11 is 5.28. The number of methoxy groups -OCH3 is 2. The van der Waals surface area contributed by atoms with Gasteiger partial charge in [-0.1, -0.05) is 13.8 Å². The van der Waals surface area contributed by atoms with Crippen molar-refractivity contribution in [1.82, 2.24) is 5.32 Å². The molecular weight excluding hydrogens is 382 g/mol. The van der Waals surface area contributed by atoms with E-state index in [-0.39, 0.29) is 23.4 Å². The molecule has 8 heteroatoms. The summed E-state index contributed by atoms with van der Waals surface area (Å²) in [6.07, 6.45) is -0.597. The highest BCUT2D eigenvalue weighted by atomic mass is 32.1. The monoisotopic (exact) mass is 411 g/mol. The third-order valence-corrected chi connectivity index (χ3v) is 4.02. The number of ether oxygens (including phenoxy) is 4. The van der Waals surface area contributed by atoms with E-state index in [1.54, 1.807) is 39.0 Å². The van der Waals surface area contributed by atoms with Gasteiger partial charge in [-0.2, -0.15) is 0 Å². The molecule has 1 aromatic rings. The van der Waals surface area contributed by atoms with Crippen LogP contribution in [0.4, 0.5) is 4.79 Å². The first kappa shape index (κ1) is 23.7. The lowest BCUT2D eigenvalue weighted by Crippen LogP contribution is -2.46. The molecule has 0 radical (unpaired) electrons. The van der Waals surface area contributed by atoms with E-state index in [2.05, 4.69) is 5.32 Å². The largest absolute Gasteiger partial charge is 0.497 e. The van der Waals surface area contributed by atoms with Crippen LogP contribution in [0.1, 0.15) is 45.0 Å². The third-order valence-electron chi connectivity index (χ3n) is 3.65. The summed E-state index contributed by atoms with van der Waals surface area (Å²) in [5, 5.41) is 2.81. The molecule has 0 aliphatic heterocycles. The molecule has 0 saturated carbocycles. The van der Waals surface area contributed by atoms with E-state index >= 15 is 0 Å². The Morgan fingerprint density at radius 3 is 2.29 bits per heavy atom. The Labute approximate surface area is 171 Å². The number of Topliss-reactive ketones (excluding diaryl/α,β-unsaturated/α-hetero) is 1. The van der Waals surface area contributed by atoms with Gasteiger partial charge in [-0.3, -0.25) is 4.79 Å². The number of thiocarbonyl (C=S) groups is 1. The van der Waals surface area contributed by atoms with E-state index in [0.29, 0.717) is 17.1 Å². The van der Waals surface area contributed by atoms with Gasteiger partial charge in [0.25, 0.3) is 0 Å². The minimum absolute atomic E-state index is 0.0503. The Morgan fingerprint density at radius 2 is 1.79 bits per heavy atom. The smallest absolute Gasteiger partial charge is 0.408 e. The summed E-state index contributed by atoms with van der Waals surface area (Å²) in [4.78, 5) is 24.6. The number of hydrogen-bond acceptors (Lipinski definition) is 7. The van der Waals surface area contributed by atoms with E-state index in [1.807, 2.05) is 13.8 Å². The van der Waals surface area contributed by atoms with E-state index in [1.165, 1.54) is 14.2 Å². The van der Waals surface area contributed by atoms with Crippen molar-refractivity contribution in [1.29, 1.82) is 0 Å². The maximum atomic E-state index is 12.5. The van der Waals surface area contributed by atoms with Gasteiger partial charge < -0.3 is 24.3 Å². The average Bonchev–Trinajstić information content (AvgIpc) is 2.61. The Morgan fingerprint density at radius 1 is 1.14 bits per heavy atom. The van der Waals surface area contributed by atoms with Crippen LogP contribution in [-0.2, 0) is 9.47 Å². The third kappa shape index (κ3) is 7.34. The molecule has 0 spiro atoms. The van der Waals surface area contributed by atoms with Crippen molar-refractivity contribution < 1.29 is 28.5 Å². The summed E-state index contributed by atoms with van der Waals surface area (Å²) in [7, 11) is 3.00. The van der Waals surface area contributed by atoms with Gasteiger partial charge in [-0.25, -0.2) is 4.79 Å². The van der Waals surface area contributed by atoms with Gasteiger partial charge in [0, 0.05) is 6.07 Å². The van der Waals surface area contributed by atoms with Gasteiger partial charge in [0.05, 0.1) is 19.8 Å². The maximum Gasteiger partial charge on any atom is 0.408 e. The number of rotatable bonds is 8. The quantitative estimate of drug-likeness (QED) is 0.515. The lowest BCUT2D eigenvalue weighted by molar-refractivity contribution is 0.0503. The first-order valence-corrected chi connectivity index (χ1v) is 9.30. The molecule has 1 rings (SSSR count). The molecule has 0 fully saturated rings. The zero-order valence-corrected chi connectivity index (χ0v) is 18.3. The highest BCUT2D eigenvalue weighted by molar-refractivity contribution is 7.80. The number of hydrogen-bond donors (Lipinski definition) is 1. The van der Waals surface area contributed by atoms with Crippen molar-refractivity contribution >= 4 is 29.1 Å². The van der Waals surface area contributed by atoms with Crippen molar-refractivity contribution in [2.75, 3.05) is 20.8 Å². The summed E-state index contributed by atoms with van der Waals surface area (Å²) in [5.74, 6) is 0.602. The molecule has 0 bridgehead atoms. The fraction of sp³-hybridized carbons (Fsp3) is 0.550. The molecule has 28 heavy (non-hydrogen) atoms. The lowest BCUT2D eigenvalue weighted by Gasteiger charge is -2.26. The van der Waals surface area contributed by atoms with Gasteiger partial charge in [-0.15, -0.1) is 0 Å². The van der Waals surface area contributed by atoms with Gasteiger partial charge in [0.1, 0.15) is 23.1 Å². The maximum absolute atomic E-state index is 12.5. The number of ketones is 1. The van der Waals surface area contributed by atoms with Gasteiger partial charge in [0.15, 0.2) is 11.7 Å². The Hall–Kier alpha value is -2.35. The van der Waals surface area contributed by atoms with E-state index in [9.17, 15) is 9.59 Å². The molecular formula is C20H29NO6S. The summed E-state index contributed by atoms with van der Waals surface area (Å²) in [5.41, 5.74) is -0.276. The fourth-order valence-corrected chi connectivity index (χ4v) is 2.66. The molecule has 0 aliphatic carbocycles. The predicted molar refractivity (Wildman–Crippen MR) is 110 cm³/mol. The minimum atomic E-state index is -0.630. The Bertz CT molecular complexity index is 711. The van der Waals surface area contributed by atoms with Crippen LogP contribution in [-0.4, -0.2) is 49.4 Å². The first-order chi connectivity index (χ1) is 13.0. The highest BCUT2D eigenvalue weighted by Gasteiger charge is 2.26. The minimum Gasteiger partial charge on any atom is -0.497 e. The van der Waals surface area contributed by atoms with Gasteiger partial charge in [-0.05, 0) is 51.0 Å². The number of benzene rings is 1. The number of carbonyl (C=O) groups is 2. The molecule has 0 saturated heterocycles. The molecule has 0 aromatic heterocycles. The highest BCUT2D eigenvalue weighted by Crippen LogP contribution is 2.25. The van der Waals surface area contributed by atoms with Crippen LogP contribution in [0.15, 0.2) is 18.2 Å².